The van der Waals surface area contributed by atoms with Gasteiger partial charge >= 0.3 is 5.69 Å². The highest BCUT2D eigenvalue weighted by atomic mass is 16.7. The summed E-state index contributed by atoms with van der Waals surface area (Å²) >= 11 is 0. The van der Waals surface area contributed by atoms with Crippen LogP contribution in [0, 0.1) is 0 Å². The van der Waals surface area contributed by atoms with E-state index in [1.807, 2.05) is 24.3 Å². The molecule has 1 aliphatic carbocycles. The monoisotopic (exact) mass is 380 g/mol. The first kappa shape index (κ1) is 17.3. The summed E-state index contributed by atoms with van der Waals surface area (Å²) < 4.78 is 14.1. The van der Waals surface area contributed by atoms with Crippen molar-refractivity contribution >= 4 is 5.65 Å². The molecule has 7 heteroatoms. The van der Waals surface area contributed by atoms with Crippen molar-refractivity contribution in [3.05, 3.63) is 58.6 Å². The van der Waals surface area contributed by atoms with E-state index in [0.717, 1.165) is 24.6 Å². The predicted octanol–water partition coefficient (Wildman–Crippen LogP) is 2.67. The van der Waals surface area contributed by atoms with E-state index in [0.29, 0.717) is 25.0 Å². The number of aromatic nitrogens is 3. The van der Waals surface area contributed by atoms with Crippen LogP contribution < -0.4 is 15.2 Å². The Balaban J connectivity index is 1.35. The maximum Gasteiger partial charge on any atom is 0.350 e. The minimum Gasteiger partial charge on any atom is -0.454 e. The largest absolute Gasteiger partial charge is 0.454 e. The van der Waals surface area contributed by atoms with Gasteiger partial charge in [-0.25, -0.2) is 9.48 Å². The lowest BCUT2D eigenvalue weighted by atomic mass is 10.1. The standard InChI is InChI=1S/C21H24N4O3/c26-21-24-10-4-3-7-20(24)22-25(21)12-11-23(17-5-1-2-6-17)14-16-8-9-18-19(13-16)28-15-27-18/h3-4,7-10,13,17H,1-2,5-6,11-12,14-15H2. The lowest BCUT2D eigenvalue weighted by Gasteiger charge is -2.28. The van der Waals surface area contributed by atoms with Crippen LogP contribution in [-0.2, 0) is 13.1 Å². The van der Waals surface area contributed by atoms with Gasteiger partial charge in [0.25, 0.3) is 0 Å². The molecule has 146 valence electrons. The summed E-state index contributed by atoms with van der Waals surface area (Å²) in [7, 11) is 0. The van der Waals surface area contributed by atoms with Gasteiger partial charge in [-0.15, -0.1) is 5.10 Å². The van der Waals surface area contributed by atoms with Gasteiger partial charge in [0.05, 0.1) is 6.54 Å². The molecular weight excluding hydrogens is 356 g/mol. The highest BCUT2D eigenvalue weighted by Crippen LogP contribution is 2.33. The Kier molecular flexibility index (Phi) is 4.52. The third-order valence-electron chi connectivity index (χ3n) is 5.75. The Bertz CT molecular complexity index is 1040. The Hall–Kier alpha value is -2.80. The maximum absolute atomic E-state index is 12.6. The van der Waals surface area contributed by atoms with E-state index in [-0.39, 0.29) is 5.69 Å². The molecule has 1 fully saturated rings. The number of pyridine rings is 1. The minimum absolute atomic E-state index is 0.0787. The smallest absolute Gasteiger partial charge is 0.350 e. The van der Waals surface area contributed by atoms with Crippen molar-refractivity contribution in [3.8, 4) is 11.5 Å². The van der Waals surface area contributed by atoms with Gasteiger partial charge in [0.2, 0.25) is 6.79 Å². The van der Waals surface area contributed by atoms with Crippen molar-refractivity contribution in [2.45, 2.75) is 44.8 Å². The first-order valence-corrected chi connectivity index (χ1v) is 9.95. The molecule has 28 heavy (non-hydrogen) atoms. The number of fused-ring (bicyclic) bond motifs is 2. The van der Waals surface area contributed by atoms with Crippen molar-refractivity contribution in [3.63, 3.8) is 0 Å². The summed E-state index contributed by atoms with van der Waals surface area (Å²) in [5.41, 5.74) is 1.82. The third kappa shape index (κ3) is 3.26. The van der Waals surface area contributed by atoms with Crippen LogP contribution in [0.1, 0.15) is 31.2 Å². The number of ether oxygens (including phenoxy) is 2. The van der Waals surface area contributed by atoms with E-state index in [1.54, 1.807) is 15.3 Å². The van der Waals surface area contributed by atoms with Crippen LogP contribution in [0.3, 0.4) is 0 Å². The van der Waals surface area contributed by atoms with Crippen molar-refractivity contribution in [1.29, 1.82) is 0 Å². The van der Waals surface area contributed by atoms with E-state index >= 15 is 0 Å². The number of rotatable bonds is 6. The van der Waals surface area contributed by atoms with E-state index in [2.05, 4.69) is 22.1 Å². The van der Waals surface area contributed by atoms with Crippen molar-refractivity contribution in [1.82, 2.24) is 19.1 Å². The number of nitrogens with zero attached hydrogens (tertiary/aromatic N) is 4. The molecule has 7 nitrogen and oxygen atoms in total. The minimum atomic E-state index is -0.0787. The second-order valence-electron chi connectivity index (χ2n) is 7.53. The molecule has 0 spiro atoms. The zero-order valence-corrected chi connectivity index (χ0v) is 15.8. The quantitative estimate of drug-likeness (QED) is 0.658. The third-order valence-corrected chi connectivity index (χ3v) is 5.75. The zero-order valence-electron chi connectivity index (χ0n) is 15.8. The van der Waals surface area contributed by atoms with Crippen LogP contribution in [-0.4, -0.2) is 38.5 Å². The molecule has 1 aromatic carbocycles. The Morgan fingerprint density at radius 3 is 2.82 bits per heavy atom. The molecule has 3 heterocycles. The maximum atomic E-state index is 12.6. The van der Waals surface area contributed by atoms with Crippen molar-refractivity contribution < 1.29 is 9.47 Å². The lowest BCUT2D eigenvalue weighted by Crippen LogP contribution is -2.37. The molecule has 3 aromatic rings. The Labute approximate surface area is 163 Å². The average molecular weight is 380 g/mol. The number of benzene rings is 1. The fraction of sp³-hybridized carbons (Fsp3) is 0.429. The van der Waals surface area contributed by atoms with Gasteiger partial charge in [0.15, 0.2) is 17.1 Å². The van der Waals surface area contributed by atoms with Crippen LogP contribution in [0.4, 0.5) is 0 Å². The van der Waals surface area contributed by atoms with Gasteiger partial charge in [0, 0.05) is 25.3 Å². The first-order valence-electron chi connectivity index (χ1n) is 9.95. The molecule has 0 bridgehead atoms. The molecule has 0 unspecified atom stereocenters. The summed E-state index contributed by atoms with van der Waals surface area (Å²) in [6, 6.07) is 12.3. The molecule has 2 aromatic heterocycles. The van der Waals surface area contributed by atoms with E-state index in [1.165, 1.54) is 31.2 Å². The number of hydrogen-bond acceptors (Lipinski definition) is 5. The summed E-state index contributed by atoms with van der Waals surface area (Å²) in [6.45, 7) is 2.51. The van der Waals surface area contributed by atoms with E-state index in [4.69, 9.17) is 9.47 Å². The molecule has 1 saturated carbocycles. The Morgan fingerprint density at radius 2 is 1.96 bits per heavy atom. The van der Waals surface area contributed by atoms with Crippen LogP contribution in [0.25, 0.3) is 5.65 Å². The van der Waals surface area contributed by atoms with Gasteiger partial charge < -0.3 is 9.47 Å². The summed E-state index contributed by atoms with van der Waals surface area (Å²) in [5.74, 6) is 1.63. The fourth-order valence-corrected chi connectivity index (χ4v) is 4.27. The van der Waals surface area contributed by atoms with Gasteiger partial charge in [-0.2, -0.15) is 0 Å². The predicted molar refractivity (Wildman–Crippen MR) is 105 cm³/mol. The van der Waals surface area contributed by atoms with Crippen molar-refractivity contribution in [2.75, 3.05) is 13.3 Å². The van der Waals surface area contributed by atoms with Crippen LogP contribution in [0.2, 0.25) is 0 Å². The van der Waals surface area contributed by atoms with E-state index in [9.17, 15) is 4.79 Å². The molecule has 2 aliphatic rings. The van der Waals surface area contributed by atoms with E-state index < -0.39 is 0 Å². The lowest BCUT2D eigenvalue weighted by molar-refractivity contribution is 0.173. The van der Waals surface area contributed by atoms with Gasteiger partial charge in [0.1, 0.15) is 0 Å². The molecule has 0 radical (unpaired) electrons. The molecular formula is C21H24N4O3. The zero-order chi connectivity index (χ0) is 18.9. The van der Waals surface area contributed by atoms with Crippen LogP contribution >= 0.6 is 0 Å². The van der Waals surface area contributed by atoms with Crippen molar-refractivity contribution in [2.24, 2.45) is 0 Å². The Morgan fingerprint density at radius 1 is 1.11 bits per heavy atom. The van der Waals surface area contributed by atoms with Crippen LogP contribution in [0.15, 0.2) is 47.4 Å². The molecule has 0 N–H and O–H groups in total. The molecule has 5 rings (SSSR count). The SMILES string of the molecule is O=c1n(CCN(Cc2ccc3c(c2)OCO3)C2CCCC2)nc2ccccn12. The highest BCUT2D eigenvalue weighted by Gasteiger charge is 2.24. The van der Waals surface area contributed by atoms with Gasteiger partial charge in [-0.05, 0) is 42.7 Å². The molecule has 1 aliphatic heterocycles. The first-order chi connectivity index (χ1) is 13.8. The molecule has 0 atom stereocenters. The molecule has 0 amide bonds. The molecule has 0 saturated heterocycles. The summed E-state index contributed by atoms with van der Waals surface area (Å²) in [5, 5.41) is 4.47. The summed E-state index contributed by atoms with van der Waals surface area (Å²) in [6.07, 6.45) is 6.74. The second-order valence-corrected chi connectivity index (χ2v) is 7.53. The second kappa shape index (κ2) is 7.31. The fourth-order valence-electron chi connectivity index (χ4n) is 4.27. The average Bonchev–Trinajstić information content (AvgIpc) is 3.46. The van der Waals surface area contributed by atoms with Crippen LogP contribution in [0.5, 0.6) is 11.5 Å². The number of hydrogen-bond donors (Lipinski definition) is 0. The normalized spacial score (nSPS) is 16.5. The highest BCUT2D eigenvalue weighted by molar-refractivity contribution is 5.44. The topological polar surface area (TPSA) is 61.0 Å². The summed E-state index contributed by atoms with van der Waals surface area (Å²) in [4.78, 5) is 15.1. The van der Waals surface area contributed by atoms with Gasteiger partial charge in [-0.1, -0.05) is 25.0 Å². The van der Waals surface area contributed by atoms with Gasteiger partial charge in [-0.3, -0.25) is 9.30 Å².